The molecule has 0 atom stereocenters. The normalized spacial score (nSPS) is 20.2. The molecule has 1 saturated carbocycles. The molecular weight excluding hydrogens is 286 g/mol. The Hall–Kier alpha value is -2.70. The van der Waals surface area contributed by atoms with E-state index >= 15 is 0 Å². The number of carboxylic acids is 1. The van der Waals surface area contributed by atoms with Gasteiger partial charge >= 0.3 is 5.97 Å². The lowest BCUT2D eigenvalue weighted by Gasteiger charge is -2.32. The summed E-state index contributed by atoms with van der Waals surface area (Å²) in [4.78, 5) is 27.3. The molecule has 0 radical (unpaired) electrons. The summed E-state index contributed by atoms with van der Waals surface area (Å²) in [6, 6.07) is 6.85. The van der Waals surface area contributed by atoms with Crippen LogP contribution in [0.25, 0.3) is 11.5 Å². The second kappa shape index (κ2) is 5.59. The van der Waals surface area contributed by atoms with Crippen molar-refractivity contribution in [2.45, 2.75) is 25.8 Å². The van der Waals surface area contributed by atoms with Crippen LogP contribution in [0.5, 0.6) is 0 Å². The van der Waals surface area contributed by atoms with E-state index in [9.17, 15) is 9.59 Å². The third-order valence-corrected chi connectivity index (χ3v) is 3.75. The van der Waals surface area contributed by atoms with Crippen LogP contribution >= 0.6 is 0 Å². The van der Waals surface area contributed by atoms with Crippen molar-refractivity contribution < 1.29 is 19.2 Å². The number of nitrogens with zero attached hydrogens (tertiary/aromatic N) is 2. The predicted molar refractivity (Wildman–Crippen MR) is 76.1 cm³/mol. The highest BCUT2D eigenvalue weighted by atomic mass is 16.5. The van der Waals surface area contributed by atoms with E-state index in [1.807, 2.05) is 0 Å². The molecule has 1 amide bonds. The zero-order valence-electron chi connectivity index (χ0n) is 11.9. The Morgan fingerprint density at radius 2 is 2.05 bits per heavy atom. The number of aliphatic carboxylic acids is 1. The fourth-order valence-electron chi connectivity index (χ4n) is 2.47. The molecule has 1 heterocycles. The Morgan fingerprint density at radius 1 is 1.32 bits per heavy atom. The molecule has 1 aromatic heterocycles. The molecule has 2 N–H and O–H groups in total. The first-order valence-electron chi connectivity index (χ1n) is 6.98. The number of carbonyl (C=O) groups is 2. The number of amides is 1. The van der Waals surface area contributed by atoms with E-state index in [2.05, 4.69) is 15.5 Å². The van der Waals surface area contributed by atoms with Gasteiger partial charge in [0.1, 0.15) is 0 Å². The van der Waals surface area contributed by atoms with Crippen LogP contribution in [-0.4, -0.2) is 33.2 Å². The Balaban J connectivity index is 1.75. The van der Waals surface area contributed by atoms with Crippen molar-refractivity contribution in [1.29, 1.82) is 0 Å². The van der Waals surface area contributed by atoms with Gasteiger partial charge in [0.15, 0.2) is 5.82 Å². The van der Waals surface area contributed by atoms with Crippen molar-refractivity contribution in [3.05, 3.63) is 35.7 Å². The molecule has 22 heavy (non-hydrogen) atoms. The SMILES string of the molecule is Cc1noc(-c2ccccc2C(=O)NC2CC(C(=O)O)C2)n1. The Bertz CT molecular complexity index is 719. The molecule has 0 bridgehead atoms. The van der Waals surface area contributed by atoms with Crippen molar-refractivity contribution >= 4 is 11.9 Å². The first kappa shape index (κ1) is 14.2. The number of carboxylic acid groups (broad SMARTS) is 1. The molecule has 0 unspecified atom stereocenters. The lowest BCUT2D eigenvalue weighted by Crippen LogP contribution is -2.46. The van der Waals surface area contributed by atoms with Crippen LogP contribution in [0.2, 0.25) is 0 Å². The van der Waals surface area contributed by atoms with Gasteiger partial charge in [-0.15, -0.1) is 0 Å². The first-order chi connectivity index (χ1) is 10.5. The number of hydrogen-bond acceptors (Lipinski definition) is 5. The van der Waals surface area contributed by atoms with Gasteiger partial charge in [0, 0.05) is 6.04 Å². The molecule has 0 aliphatic heterocycles. The molecule has 1 fully saturated rings. The van der Waals surface area contributed by atoms with Crippen LogP contribution in [0.3, 0.4) is 0 Å². The van der Waals surface area contributed by atoms with Crippen molar-refractivity contribution in [2.75, 3.05) is 0 Å². The largest absolute Gasteiger partial charge is 0.481 e. The average molecular weight is 301 g/mol. The first-order valence-corrected chi connectivity index (χ1v) is 6.98. The monoisotopic (exact) mass is 301 g/mol. The van der Waals surface area contributed by atoms with Crippen LogP contribution in [0, 0.1) is 12.8 Å². The van der Waals surface area contributed by atoms with Crippen molar-refractivity contribution in [2.24, 2.45) is 5.92 Å². The Kier molecular flexibility index (Phi) is 3.62. The fourth-order valence-corrected chi connectivity index (χ4v) is 2.47. The summed E-state index contributed by atoms with van der Waals surface area (Å²) in [7, 11) is 0. The van der Waals surface area contributed by atoms with E-state index in [1.165, 1.54) is 0 Å². The van der Waals surface area contributed by atoms with E-state index < -0.39 is 5.97 Å². The van der Waals surface area contributed by atoms with Crippen LogP contribution in [-0.2, 0) is 4.79 Å². The quantitative estimate of drug-likeness (QED) is 0.889. The van der Waals surface area contributed by atoms with Crippen LogP contribution < -0.4 is 5.32 Å². The fraction of sp³-hybridized carbons (Fsp3) is 0.333. The maximum atomic E-state index is 12.4. The molecule has 1 aromatic carbocycles. The van der Waals surface area contributed by atoms with Crippen molar-refractivity contribution in [3.8, 4) is 11.5 Å². The molecule has 1 aliphatic rings. The van der Waals surface area contributed by atoms with E-state index in [1.54, 1.807) is 31.2 Å². The van der Waals surface area contributed by atoms with E-state index in [-0.39, 0.29) is 17.9 Å². The predicted octanol–water partition coefficient (Wildman–Crippen LogP) is 1.64. The highest BCUT2D eigenvalue weighted by Gasteiger charge is 2.35. The van der Waals surface area contributed by atoms with Crippen molar-refractivity contribution in [3.63, 3.8) is 0 Å². The molecule has 1 aliphatic carbocycles. The van der Waals surface area contributed by atoms with Gasteiger partial charge in [-0.05, 0) is 31.9 Å². The maximum Gasteiger partial charge on any atom is 0.306 e. The molecule has 2 aromatic rings. The minimum atomic E-state index is -0.813. The third-order valence-electron chi connectivity index (χ3n) is 3.75. The van der Waals surface area contributed by atoms with Gasteiger partial charge in [0.2, 0.25) is 0 Å². The summed E-state index contributed by atoms with van der Waals surface area (Å²) in [6.45, 7) is 1.70. The van der Waals surface area contributed by atoms with Crippen LogP contribution in [0.4, 0.5) is 0 Å². The molecule has 114 valence electrons. The number of hydrogen-bond donors (Lipinski definition) is 2. The van der Waals surface area contributed by atoms with Gasteiger partial charge < -0.3 is 14.9 Å². The number of benzene rings is 1. The Morgan fingerprint density at radius 3 is 2.68 bits per heavy atom. The maximum absolute atomic E-state index is 12.4. The van der Waals surface area contributed by atoms with Gasteiger partial charge in [-0.25, -0.2) is 0 Å². The van der Waals surface area contributed by atoms with E-state index in [0.717, 1.165) is 0 Å². The molecular formula is C15H15N3O4. The number of nitrogens with one attached hydrogen (secondary N) is 1. The summed E-state index contributed by atoms with van der Waals surface area (Å²) in [5, 5.41) is 15.4. The van der Waals surface area contributed by atoms with Crippen LogP contribution in [0.1, 0.15) is 29.0 Å². The average Bonchev–Trinajstić information content (AvgIpc) is 2.88. The van der Waals surface area contributed by atoms with Gasteiger partial charge in [-0.3, -0.25) is 9.59 Å². The van der Waals surface area contributed by atoms with E-state index in [0.29, 0.717) is 35.7 Å². The minimum Gasteiger partial charge on any atom is -0.481 e. The summed E-state index contributed by atoms with van der Waals surface area (Å²) >= 11 is 0. The van der Waals surface area contributed by atoms with Crippen LogP contribution in [0.15, 0.2) is 28.8 Å². The smallest absolute Gasteiger partial charge is 0.306 e. The van der Waals surface area contributed by atoms with Gasteiger partial charge in [-0.1, -0.05) is 17.3 Å². The number of aromatic nitrogens is 2. The summed E-state index contributed by atoms with van der Waals surface area (Å²) < 4.78 is 5.12. The summed E-state index contributed by atoms with van der Waals surface area (Å²) in [5.41, 5.74) is 1.000. The molecule has 3 rings (SSSR count). The van der Waals surface area contributed by atoms with E-state index in [4.69, 9.17) is 9.63 Å². The topological polar surface area (TPSA) is 105 Å². The number of carbonyl (C=O) groups excluding carboxylic acids is 1. The lowest BCUT2D eigenvalue weighted by molar-refractivity contribution is -0.145. The Labute approximate surface area is 126 Å². The zero-order valence-corrected chi connectivity index (χ0v) is 11.9. The highest BCUT2D eigenvalue weighted by Crippen LogP contribution is 2.28. The van der Waals surface area contributed by atoms with Gasteiger partial charge in [0.25, 0.3) is 11.8 Å². The summed E-state index contributed by atoms with van der Waals surface area (Å²) in [6.07, 6.45) is 0.922. The van der Waals surface area contributed by atoms with Gasteiger partial charge in [-0.2, -0.15) is 4.98 Å². The molecule has 7 heteroatoms. The summed E-state index contributed by atoms with van der Waals surface area (Å²) in [5.74, 6) is -0.652. The van der Waals surface area contributed by atoms with Crippen molar-refractivity contribution in [1.82, 2.24) is 15.5 Å². The minimum absolute atomic E-state index is 0.105. The number of aryl methyl sites for hydroxylation is 1. The molecule has 0 spiro atoms. The second-order valence-corrected chi connectivity index (χ2v) is 5.37. The molecule has 7 nitrogen and oxygen atoms in total. The highest BCUT2D eigenvalue weighted by molar-refractivity contribution is 6.00. The second-order valence-electron chi connectivity index (χ2n) is 5.37. The number of rotatable bonds is 4. The zero-order chi connectivity index (χ0) is 15.7. The molecule has 0 saturated heterocycles. The third kappa shape index (κ3) is 2.69. The van der Waals surface area contributed by atoms with Gasteiger partial charge in [0.05, 0.1) is 17.0 Å². The lowest BCUT2D eigenvalue weighted by atomic mass is 9.80. The standard InChI is InChI=1S/C15H15N3O4/c1-8-16-14(22-18-8)12-5-3-2-4-11(12)13(19)17-10-6-9(7-10)15(20)21/h2-5,9-10H,6-7H2,1H3,(H,17,19)(H,20,21).